The van der Waals surface area contributed by atoms with Crippen LogP contribution in [0.1, 0.15) is 56.6 Å². The molecule has 0 aromatic heterocycles. The monoisotopic (exact) mass is 282 g/mol. The molecule has 4 saturated carbocycles. The Morgan fingerprint density at radius 2 is 1.52 bits per heavy atom. The van der Waals surface area contributed by atoms with E-state index in [1.807, 2.05) is 0 Å². The average Bonchev–Trinajstić information content (AvgIpc) is 2.43. The van der Waals surface area contributed by atoms with E-state index in [0.29, 0.717) is 5.78 Å². The molecule has 1 aromatic carbocycles. The standard InChI is InChI=1S/C20H26O/c1-13-3-5-17(6-4-13)20(12-14(2)21)18-8-15-7-16(10-18)11-19(20)9-15/h3-6,15-16,18-19H,7-12H2,1-2H3. The van der Waals surface area contributed by atoms with Gasteiger partial charge in [-0.2, -0.15) is 0 Å². The highest BCUT2D eigenvalue weighted by Gasteiger charge is 2.57. The molecule has 1 heteroatoms. The molecule has 4 bridgehead atoms. The number of ketones is 1. The van der Waals surface area contributed by atoms with Gasteiger partial charge in [0.1, 0.15) is 5.78 Å². The van der Waals surface area contributed by atoms with Gasteiger partial charge in [0, 0.05) is 11.8 Å². The van der Waals surface area contributed by atoms with Crippen LogP contribution in [0.3, 0.4) is 0 Å². The Bertz CT molecular complexity index is 526. The van der Waals surface area contributed by atoms with E-state index in [9.17, 15) is 4.79 Å². The Morgan fingerprint density at radius 1 is 1.00 bits per heavy atom. The van der Waals surface area contributed by atoms with Gasteiger partial charge in [0.15, 0.2) is 0 Å². The lowest BCUT2D eigenvalue weighted by Crippen LogP contribution is -2.56. The van der Waals surface area contributed by atoms with Crippen molar-refractivity contribution in [2.45, 2.75) is 57.8 Å². The van der Waals surface area contributed by atoms with Gasteiger partial charge < -0.3 is 0 Å². The van der Waals surface area contributed by atoms with E-state index >= 15 is 0 Å². The van der Waals surface area contributed by atoms with Gasteiger partial charge in [0.05, 0.1) is 0 Å². The zero-order valence-corrected chi connectivity index (χ0v) is 13.3. The van der Waals surface area contributed by atoms with Crippen LogP contribution in [0.4, 0.5) is 0 Å². The van der Waals surface area contributed by atoms with Crippen molar-refractivity contribution in [2.75, 3.05) is 0 Å². The summed E-state index contributed by atoms with van der Waals surface area (Å²) in [5.41, 5.74) is 2.94. The second-order valence-electron chi connectivity index (χ2n) is 8.09. The van der Waals surface area contributed by atoms with Crippen molar-refractivity contribution in [1.29, 1.82) is 0 Å². The molecule has 0 aliphatic heterocycles. The fourth-order valence-electron chi connectivity index (χ4n) is 6.16. The molecule has 0 N–H and O–H groups in total. The maximum atomic E-state index is 12.1. The molecule has 1 nitrogen and oxygen atoms in total. The maximum absolute atomic E-state index is 12.1. The van der Waals surface area contributed by atoms with Gasteiger partial charge in [-0.1, -0.05) is 29.8 Å². The smallest absolute Gasteiger partial charge is 0.130 e. The second-order valence-corrected chi connectivity index (χ2v) is 8.09. The lowest BCUT2D eigenvalue weighted by molar-refractivity contribution is -0.125. The summed E-state index contributed by atoms with van der Waals surface area (Å²) < 4.78 is 0. The summed E-state index contributed by atoms with van der Waals surface area (Å²) in [6.45, 7) is 3.94. The third-order valence-electron chi connectivity index (χ3n) is 6.73. The number of hydrogen-bond acceptors (Lipinski definition) is 1. The van der Waals surface area contributed by atoms with Gasteiger partial charge in [0.25, 0.3) is 0 Å². The third kappa shape index (κ3) is 2.00. The van der Waals surface area contributed by atoms with E-state index in [1.54, 1.807) is 6.92 Å². The van der Waals surface area contributed by atoms with E-state index in [-0.39, 0.29) is 5.41 Å². The first kappa shape index (κ1) is 13.5. The van der Waals surface area contributed by atoms with Gasteiger partial charge in [-0.05, 0) is 75.2 Å². The lowest BCUT2D eigenvalue weighted by Gasteiger charge is -2.61. The van der Waals surface area contributed by atoms with Crippen LogP contribution in [0.15, 0.2) is 24.3 Å². The predicted molar refractivity (Wildman–Crippen MR) is 85.2 cm³/mol. The van der Waals surface area contributed by atoms with Crippen molar-refractivity contribution in [1.82, 2.24) is 0 Å². The molecule has 4 aliphatic rings. The van der Waals surface area contributed by atoms with E-state index in [2.05, 4.69) is 31.2 Å². The zero-order valence-electron chi connectivity index (χ0n) is 13.3. The molecule has 0 heterocycles. The fraction of sp³-hybridized carbons (Fsp3) is 0.650. The molecule has 112 valence electrons. The fourth-order valence-corrected chi connectivity index (χ4v) is 6.16. The number of aryl methyl sites for hydroxylation is 1. The Morgan fingerprint density at radius 3 is 2.00 bits per heavy atom. The average molecular weight is 282 g/mol. The summed E-state index contributed by atoms with van der Waals surface area (Å²) in [6, 6.07) is 9.12. The summed E-state index contributed by atoms with van der Waals surface area (Å²) >= 11 is 0. The molecule has 0 spiro atoms. The van der Waals surface area contributed by atoms with Gasteiger partial charge >= 0.3 is 0 Å². The van der Waals surface area contributed by atoms with Crippen LogP contribution >= 0.6 is 0 Å². The molecule has 4 aliphatic carbocycles. The lowest BCUT2D eigenvalue weighted by atomic mass is 9.43. The second kappa shape index (κ2) is 4.69. The quantitative estimate of drug-likeness (QED) is 0.787. The van der Waals surface area contributed by atoms with E-state index in [4.69, 9.17) is 0 Å². The normalized spacial score (nSPS) is 40.5. The Hall–Kier alpha value is -1.11. The first-order valence-electron chi connectivity index (χ1n) is 8.64. The van der Waals surface area contributed by atoms with Crippen molar-refractivity contribution >= 4 is 5.78 Å². The molecule has 0 atom stereocenters. The summed E-state index contributed by atoms with van der Waals surface area (Å²) in [4.78, 5) is 12.1. The van der Waals surface area contributed by atoms with Gasteiger partial charge in [0.2, 0.25) is 0 Å². The molecule has 0 saturated heterocycles. The molecule has 0 radical (unpaired) electrons. The minimum atomic E-state index is 0.160. The van der Waals surface area contributed by atoms with Gasteiger partial charge in [-0.25, -0.2) is 0 Å². The predicted octanol–water partition coefficient (Wildman–Crippen LogP) is 4.67. The van der Waals surface area contributed by atoms with Crippen molar-refractivity contribution in [3.8, 4) is 0 Å². The van der Waals surface area contributed by atoms with E-state index in [0.717, 1.165) is 30.1 Å². The van der Waals surface area contributed by atoms with Crippen LogP contribution in [0, 0.1) is 30.6 Å². The topological polar surface area (TPSA) is 17.1 Å². The van der Waals surface area contributed by atoms with Crippen LogP contribution in [-0.4, -0.2) is 5.78 Å². The SMILES string of the molecule is CC(=O)CC1(c2ccc(C)cc2)C2CC3CC(C2)CC1C3. The third-order valence-corrected chi connectivity index (χ3v) is 6.73. The number of carbonyl (C=O) groups excluding carboxylic acids is 1. The number of rotatable bonds is 3. The molecule has 21 heavy (non-hydrogen) atoms. The largest absolute Gasteiger partial charge is 0.300 e. The molecule has 1 aromatic rings. The molecule has 4 fully saturated rings. The van der Waals surface area contributed by atoms with Crippen LogP contribution < -0.4 is 0 Å². The van der Waals surface area contributed by atoms with Crippen LogP contribution in [0.2, 0.25) is 0 Å². The Kier molecular flexibility index (Phi) is 3.03. The van der Waals surface area contributed by atoms with Crippen molar-refractivity contribution < 1.29 is 4.79 Å². The Labute approximate surface area is 128 Å². The molecule has 0 unspecified atom stereocenters. The number of carbonyl (C=O) groups is 1. The summed E-state index contributed by atoms with van der Waals surface area (Å²) in [5, 5.41) is 0. The van der Waals surface area contributed by atoms with Crippen molar-refractivity contribution in [3.05, 3.63) is 35.4 Å². The molecule has 0 amide bonds. The summed E-state index contributed by atoms with van der Waals surface area (Å²) in [6.07, 6.45) is 7.71. The summed E-state index contributed by atoms with van der Waals surface area (Å²) in [7, 11) is 0. The minimum Gasteiger partial charge on any atom is -0.300 e. The van der Waals surface area contributed by atoms with E-state index < -0.39 is 0 Å². The van der Waals surface area contributed by atoms with Crippen molar-refractivity contribution in [3.63, 3.8) is 0 Å². The molecule has 5 rings (SSSR count). The van der Waals surface area contributed by atoms with Gasteiger partial charge in [-0.15, -0.1) is 0 Å². The first-order valence-corrected chi connectivity index (χ1v) is 8.64. The highest BCUT2D eigenvalue weighted by atomic mass is 16.1. The highest BCUT2D eigenvalue weighted by molar-refractivity contribution is 5.77. The number of hydrogen-bond donors (Lipinski definition) is 0. The van der Waals surface area contributed by atoms with Crippen LogP contribution in [-0.2, 0) is 10.2 Å². The maximum Gasteiger partial charge on any atom is 0.130 e. The first-order chi connectivity index (χ1) is 10.1. The molecular weight excluding hydrogens is 256 g/mol. The van der Waals surface area contributed by atoms with Gasteiger partial charge in [-0.3, -0.25) is 4.79 Å². The van der Waals surface area contributed by atoms with Crippen LogP contribution in [0.5, 0.6) is 0 Å². The Balaban J connectivity index is 1.81. The minimum absolute atomic E-state index is 0.160. The number of Topliss-reactive ketones (excluding diaryl/α,β-unsaturated/α-hetero) is 1. The highest BCUT2D eigenvalue weighted by Crippen LogP contribution is 2.64. The number of benzene rings is 1. The molecular formula is C20H26O. The van der Waals surface area contributed by atoms with Crippen molar-refractivity contribution in [2.24, 2.45) is 23.7 Å². The van der Waals surface area contributed by atoms with E-state index in [1.165, 1.54) is 43.2 Å². The van der Waals surface area contributed by atoms with Crippen LogP contribution in [0.25, 0.3) is 0 Å². The summed E-state index contributed by atoms with van der Waals surface area (Å²) in [5.74, 6) is 3.79. The zero-order chi connectivity index (χ0) is 14.6.